The van der Waals surface area contributed by atoms with Gasteiger partial charge in [0.05, 0.1) is 11.4 Å². The molecule has 3 rings (SSSR count). The zero-order chi connectivity index (χ0) is 11.7. The lowest BCUT2D eigenvalue weighted by Crippen LogP contribution is -1.84. The molecule has 0 fully saturated rings. The molecule has 0 saturated carbocycles. The van der Waals surface area contributed by atoms with Crippen LogP contribution in [-0.4, -0.2) is 16.3 Å². The molecule has 3 nitrogen and oxygen atoms in total. The van der Waals surface area contributed by atoms with Crippen molar-refractivity contribution in [2.24, 2.45) is 0 Å². The van der Waals surface area contributed by atoms with E-state index in [0.717, 1.165) is 28.6 Å². The summed E-state index contributed by atoms with van der Waals surface area (Å²) >= 11 is 0. The van der Waals surface area contributed by atoms with Crippen LogP contribution in [0.25, 0.3) is 22.3 Å². The van der Waals surface area contributed by atoms with Crippen molar-refractivity contribution in [3.63, 3.8) is 0 Å². The molecule has 0 radical (unpaired) electrons. The van der Waals surface area contributed by atoms with Crippen LogP contribution in [0.1, 0.15) is 10.5 Å². The summed E-state index contributed by atoms with van der Waals surface area (Å²) in [7, 11) is 0. The van der Waals surface area contributed by atoms with E-state index in [-0.39, 0.29) is 0 Å². The standard InChI is InChI=1S/C14H10N2O/c17-9-12-8-11-6-7-13(16-14(11)15-12)10-4-2-1-3-5-10/h1-9H,(H,15,16). The fourth-order valence-corrected chi connectivity index (χ4v) is 1.86. The number of aromatic nitrogens is 2. The normalized spacial score (nSPS) is 10.6. The fourth-order valence-electron chi connectivity index (χ4n) is 1.86. The molecule has 82 valence electrons. The van der Waals surface area contributed by atoms with E-state index < -0.39 is 0 Å². The second kappa shape index (κ2) is 3.87. The molecule has 0 atom stereocenters. The van der Waals surface area contributed by atoms with Crippen molar-refractivity contribution in [2.75, 3.05) is 0 Å². The molecule has 0 bridgehead atoms. The highest BCUT2D eigenvalue weighted by Crippen LogP contribution is 2.20. The fraction of sp³-hybridized carbons (Fsp3) is 0. The first-order chi connectivity index (χ1) is 8.36. The Morgan fingerprint density at radius 3 is 2.65 bits per heavy atom. The summed E-state index contributed by atoms with van der Waals surface area (Å²) in [5.41, 5.74) is 3.26. The van der Waals surface area contributed by atoms with Crippen LogP contribution in [0.4, 0.5) is 0 Å². The topological polar surface area (TPSA) is 45.8 Å². The van der Waals surface area contributed by atoms with Crippen LogP contribution < -0.4 is 0 Å². The highest BCUT2D eigenvalue weighted by Gasteiger charge is 2.03. The minimum atomic E-state index is 0.553. The lowest BCUT2D eigenvalue weighted by atomic mass is 10.1. The van der Waals surface area contributed by atoms with Gasteiger partial charge in [0.25, 0.3) is 0 Å². The number of hydrogen-bond acceptors (Lipinski definition) is 2. The van der Waals surface area contributed by atoms with Gasteiger partial charge in [-0.2, -0.15) is 0 Å². The second-order valence-corrected chi connectivity index (χ2v) is 3.84. The smallest absolute Gasteiger partial charge is 0.166 e. The van der Waals surface area contributed by atoms with Crippen molar-refractivity contribution in [2.45, 2.75) is 0 Å². The molecule has 3 aromatic rings. The lowest BCUT2D eigenvalue weighted by Gasteiger charge is -1.99. The summed E-state index contributed by atoms with van der Waals surface area (Å²) in [6.45, 7) is 0. The van der Waals surface area contributed by atoms with E-state index in [2.05, 4.69) is 9.97 Å². The van der Waals surface area contributed by atoms with Gasteiger partial charge in [-0.15, -0.1) is 0 Å². The van der Waals surface area contributed by atoms with Gasteiger partial charge in [0.2, 0.25) is 0 Å². The van der Waals surface area contributed by atoms with Gasteiger partial charge in [0.15, 0.2) is 6.29 Å². The van der Waals surface area contributed by atoms with Crippen molar-refractivity contribution in [1.29, 1.82) is 0 Å². The number of fused-ring (bicyclic) bond motifs is 1. The van der Waals surface area contributed by atoms with Crippen LogP contribution in [0.15, 0.2) is 48.5 Å². The van der Waals surface area contributed by atoms with E-state index in [1.54, 1.807) is 6.07 Å². The van der Waals surface area contributed by atoms with E-state index in [4.69, 9.17) is 0 Å². The van der Waals surface area contributed by atoms with Crippen LogP contribution in [-0.2, 0) is 0 Å². The van der Waals surface area contributed by atoms with Crippen molar-refractivity contribution in [1.82, 2.24) is 9.97 Å². The van der Waals surface area contributed by atoms with Crippen molar-refractivity contribution >= 4 is 17.3 Å². The van der Waals surface area contributed by atoms with Gasteiger partial charge in [-0.25, -0.2) is 4.98 Å². The van der Waals surface area contributed by atoms with Crippen molar-refractivity contribution in [3.8, 4) is 11.3 Å². The average Bonchev–Trinajstić information content (AvgIpc) is 2.81. The van der Waals surface area contributed by atoms with Gasteiger partial charge in [-0.3, -0.25) is 4.79 Å². The molecular formula is C14H10N2O. The maximum absolute atomic E-state index is 10.7. The Kier molecular flexibility index (Phi) is 2.22. The largest absolute Gasteiger partial charge is 0.337 e. The van der Waals surface area contributed by atoms with E-state index in [9.17, 15) is 4.79 Å². The minimum Gasteiger partial charge on any atom is -0.337 e. The summed E-state index contributed by atoms with van der Waals surface area (Å²) in [5.74, 6) is 0. The third-order valence-electron chi connectivity index (χ3n) is 2.70. The molecule has 3 heteroatoms. The van der Waals surface area contributed by atoms with Crippen LogP contribution in [0.2, 0.25) is 0 Å². The average molecular weight is 222 g/mol. The summed E-state index contributed by atoms with van der Waals surface area (Å²) in [6, 6.07) is 15.7. The summed E-state index contributed by atoms with van der Waals surface area (Å²) in [5, 5.41) is 0.951. The Morgan fingerprint density at radius 2 is 1.88 bits per heavy atom. The summed E-state index contributed by atoms with van der Waals surface area (Å²) in [6.07, 6.45) is 0.796. The van der Waals surface area contributed by atoms with Crippen molar-refractivity contribution in [3.05, 3.63) is 54.2 Å². The molecular weight excluding hydrogens is 212 g/mol. The second-order valence-electron chi connectivity index (χ2n) is 3.84. The quantitative estimate of drug-likeness (QED) is 0.677. The minimum absolute atomic E-state index is 0.553. The summed E-state index contributed by atoms with van der Waals surface area (Å²) < 4.78 is 0. The molecule has 2 aromatic heterocycles. The van der Waals surface area contributed by atoms with Gasteiger partial charge in [-0.05, 0) is 18.2 Å². The van der Waals surface area contributed by atoms with E-state index in [1.807, 2.05) is 42.5 Å². The van der Waals surface area contributed by atoms with Crippen LogP contribution in [0.5, 0.6) is 0 Å². The van der Waals surface area contributed by atoms with Crippen LogP contribution in [0, 0.1) is 0 Å². The molecule has 0 saturated heterocycles. The predicted molar refractivity (Wildman–Crippen MR) is 66.9 cm³/mol. The SMILES string of the molecule is O=Cc1cc2ccc(-c3ccccc3)nc2[nH]1. The van der Waals surface area contributed by atoms with E-state index in [1.165, 1.54) is 0 Å². The molecule has 0 unspecified atom stereocenters. The monoisotopic (exact) mass is 222 g/mol. The Balaban J connectivity index is 2.16. The number of hydrogen-bond donors (Lipinski definition) is 1. The molecule has 1 N–H and O–H groups in total. The predicted octanol–water partition coefficient (Wildman–Crippen LogP) is 3.04. The van der Waals surface area contributed by atoms with Gasteiger partial charge in [-0.1, -0.05) is 30.3 Å². The number of carbonyl (C=O) groups excluding carboxylic acids is 1. The molecule has 0 aliphatic carbocycles. The van der Waals surface area contributed by atoms with Crippen LogP contribution >= 0.6 is 0 Å². The first kappa shape index (κ1) is 9.78. The molecule has 1 aromatic carbocycles. The van der Waals surface area contributed by atoms with Gasteiger partial charge < -0.3 is 4.98 Å². The number of H-pyrrole nitrogens is 1. The molecule has 0 amide bonds. The molecule has 0 spiro atoms. The number of benzene rings is 1. The Bertz CT molecular complexity index is 671. The molecule has 17 heavy (non-hydrogen) atoms. The third kappa shape index (κ3) is 1.72. The number of nitrogens with one attached hydrogen (secondary N) is 1. The number of aromatic amines is 1. The van der Waals surface area contributed by atoms with E-state index >= 15 is 0 Å². The van der Waals surface area contributed by atoms with Crippen molar-refractivity contribution < 1.29 is 4.79 Å². The number of carbonyl (C=O) groups is 1. The van der Waals surface area contributed by atoms with Gasteiger partial charge in [0, 0.05) is 10.9 Å². The number of pyridine rings is 1. The molecule has 0 aliphatic rings. The Hall–Kier alpha value is -2.42. The first-order valence-electron chi connectivity index (χ1n) is 5.37. The highest BCUT2D eigenvalue weighted by molar-refractivity contribution is 5.86. The summed E-state index contributed by atoms with van der Waals surface area (Å²) in [4.78, 5) is 18.1. The Labute approximate surface area is 98.1 Å². The lowest BCUT2D eigenvalue weighted by molar-refractivity contribution is 0.112. The highest BCUT2D eigenvalue weighted by atomic mass is 16.1. The maximum atomic E-state index is 10.7. The number of nitrogens with zero attached hydrogens (tertiary/aromatic N) is 1. The van der Waals surface area contributed by atoms with Crippen LogP contribution in [0.3, 0.4) is 0 Å². The van der Waals surface area contributed by atoms with E-state index in [0.29, 0.717) is 5.69 Å². The third-order valence-corrected chi connectivity index (χ3v) is 2.70. The maximum Gasteiger partial charge on any atom is 0.166 e. The zero-order valence-electron chi connectivity index (χ0n) is 9.05. The van der Waals surface area contributed by atoms with Gasteiger partial charge >= 0.3 is 0 Å². The zero-order valence-corrected chi connectivity index (χ0v) is 9.05. The molecule has 2 heterocycles. The first-order valence-corrected chi connectivity index (χ1v) is 5.37. The molecule has 0 aliphatic heterocycles. The Morgan fingerprint density at radius 1 is 1.06 bits per heavy atom. The number of aldehydes is 1. The number of rotatable bonds is 2. The van der Waals surface area contributed by atoms with Gasteiger partial charge in [0.1, 0.15) is 5.65 Å².